The highest BCUT2D eigenvalue weighted by Crippen LogP contribution is 2.28. The summed E-state index contributed by atoms with van der Waals surface area (Å²) in [5, 5.41) is 6.72. The third-order valence-electron chi connectivity index (χ3n) is 2.42. The van der Waals surface area contributed by atoms with Crippen LogP contribution in [0.2, 0.25) is 5.02 Å². The van der Waals surface area contributed by atoms with Crippen molar-refractivity contribution < 1.29 is 4.79 Å². The van der Waals surface area contributed by atoms with E-state index in [1.54, 1.807) is 11.3 Å². The molecule has 4 heteroatoms. The van der Waals surface area contributed by atoms with Crippen LogP contribution in [0, 0.1) is 0 Å². The van der Waals surface area contributed by atoms with E-state index >= 15 is 0 Å². The third kappa shape index (κ3) is 2.99. The van der Waals surface area contributed by atoms with Crippen molar-refractivity contribution in [1.29, 1.82) is 0 Å². The average Bonchev–Trinajstić information content (AvgIpc) is 2.60. The molecule has 1 aromatic carbocycles. The van der Waals surface area contributed by atoms with E-state index in [1.165, 1.54) is 4.70 Å². The molecule has 0 atom stereocenters. The topological polar surface area (TPSA) is 29.1 Å². The molecule has 0 saturated carbocycles. The molecule has 0 aliphatic heterocycles. The van der Waals surface area contributed by atoms with Gasteiger partial charge in [0, 0.05) is 15.8 Å². The number of nitrogens with one attached hydrogen (secondary N) is 1. The predicted molar refractivity (Wildman–Crippen MR) is 73.8 cm³/mol. The number of thiophene rings is 1. The number of fused-ring (bicyclic) bond motifs is 1. The minimum atomic E-state index is 0.0553. The maximum atomic E-state index is 11.7. The molecular formula is C13H14ClNOS. The molecule has 1 amide bonds. The fraction of sp³-hybridized carbons (Fsp3) is 0.308. The first-order valence-corrected chi connectivity index (χ1v) is 6.77. The zero-order valence-electron chi connectivity index (χ0n) is 9.79. The van der Waals surface area contributed by atoms with Gasteiger partial charge < -0.3 is 5.32 Å². The van der Waals surface area contributed by atoms with E-state index in [4.69, 9.17) is 11.6 Å². The van der Waals surface area contributed by atoms with Crippen molar-refractivity contribution in [3.05, 3.63) is 34.2 Å². The summed E-state index contributed by atoms with van der Waals surface area (Å²) in [5.74, 6) is 0.0553. The van der Waals surface area contributed by atoms with Gasteiger partial charge in [-0.15, -0.1) is 11.3 Å². The van der Waals surface area contributed by atoms with Gasteiger partial charge in [-0.1, -0.05) is 11.6 Å². The zero-order valence-corrected chi connectivity index (χ0v) is 11.4. The van der Waals surface area contributed by atoms with Crippen LogP contribution in [0.1, 0.15) is 19.4 Å². The van der Waals surface area contributed by atoms with Crippen LogP contribution in [-0.4, -0.2) is 11.9 Å². The van der Waals surface area contributed by atoms with Crippen LogP contribution >= 0.6 is 22.9 Å². The molecule has 1 N–H and O–H groups in total. The average molecular weight is 268 g/mol. The second-order valence-electron chi connectivity index (χ2n) is 4.30. The van der Waals surface area contributed by atoms with E-state index in [1.807, 2.05) is 37.4 Å². The van der Waals surface area contributed by atoms with Crippen LogP contribution in [0.5, 0.6) is 0 Å². The predicted octanol–water partition coefficient (Wildman–Crippen LogP) is 3.62. The Morgan fingerprint density at radius 3 is 2.94 bits per heavy atom. The first-order chi connectivity index (χ1) is 8.06. The normalized spacial score (nSPS) is 11.1. The Balaban J connectivity index is 2.24. The van der Waals surface area contributed by atoms with Crippen molar-refractivity contribution in [1.82, 2.24) is 5.32 Å². The molecule has 0 radical (unpaired) electrons. The number of hydrogen-bond acceptors (Lipinski definition) is 2. The molecular weight excluding hydrogens is 254 g/mol. The summed E-state index contributed by atoms with van der Waals surface area (Å²) >= 11 is 7.62. The lowest BCUT2D eigenvalue weighted by atomic mass is 10.1. The second-order valence-corrected chi connectivity index (χ2v) is 5.65. The number of rotatable bonds is 3. The summed E-state index contributed by atoms with van der Waals surface area (Å²) in [4.78, 5) is 11.7. The Kier molecular flexibility index (Phi) is 3.69. The molecule has 2 rings (SSSR count). The smallest absolute Gasteiger partial charge is 0.224 e. The molecule has 17 heavy (non-hydrogen) atoms. The summed E-state index contributed by atoms with van der Waals surface area (Å²) in [6, 6.07) is 5.96. The van der Waals surface area contributed by atoms with E-state index < -0.39 is 0 Å². The summed E-state index contributed by atoms with van der Waals surface area (Å²) in [5.41, 5.74) is 1.05. The number of carbonyl (C=O) groups is 1. The van der Waals surface area contributed by atoms with Gasteiger partial charge in [-0.05, 0) is 48.4 Å². The summed E-state index contributed by atoms with van der Waals surface area (Å²) in [7, 11) is 0. The van der Waals surface area contributed by atoms with Gasteiger partial charge in [0.2, 0.25) is 5.91 Å². The van der Waals surface area contributed by atoms with Gasteiger partial charge in [-0.25, -0.2) is 0 Å². The van der Waals surface area contributed by atoms with Gasteiger partial charge in [0.25, 0.3) is 0 Å². The highest BCUT2D eigenvalue weighted by Gasteiger charge is 2.10. The first-order valence-electron chi connectivity index (χ1n) is 5.51. The second kappa shape index (κ2) is 5.07. The fourth-order valence-corrected chi connectivity index (χ4v) is 2.85. The number of halogens is 1. The van der Waals surface area contributed by atoms with Crippen LogP contribution in [-0.2, 0) is 11.2 Å². The highest BCUT2D eigenvalue weighted by molar-refractivity contribution is 7.17. The van der Waals surface area contributed by atoms with Crippen LogP contribution in [0.3, 0.4) is 0 Å². The van der Waals surface area contributed by atoms with Gasteiger partial charge in [0.15, 0.2) is 0 Å². The Morgan fingerprint density at radius 1 is 1.47 bits per heavy atom. The molecule has 0 aliphatic carbocycles. The molecule has 0 saturated heterocycles. The van der Waals surface area contributed by atoms with Crippen LogP contribution in [0.25, 0.3) is 10.1 Å². The van der Waals surface area contributed by atoms with Crippen molar-refractivity contribution in [3.63, 3.8) is 0 Å². The van der Waals surface area contributed by atoms with Crippen LogP contribution in [0.4, 0.5) is 0 Å². The molecule has 2 nitrogen and oxygen atoms in total. The molecule has 0 aliphatic rings. The van der Waals surface area contributed by atoms with Gasteiger partial charge in [0.1, 0.15) is 0 Å². The Labute approximate surface area is 110 Å². The monoisotopic (exact) mass is 267 g/mol. The molecule has 0 spiro atoms. The molecule has 0 fully saturated rings. The standard InChI is InChI=1S/C13H14ClNOS/c1-8(2)15-13(16)5-9-7-17-12-4-3-10(14)6-11(9)12/h3-4,6-8H,5H2,1-2H3,(H,15,16). The lowest BCUT2D eigenvalue weighted by molar-refractivity contribution is -0.120. The van der Waals surface area contributed by atoms with Crippen molar-refractivity contribution in [2.75, 3.05) is 0 Å². The van der Waals surface area contributed by atoms with Crippen LogP contribution in [0.15, 0.2) is 23.6 Å². The van der Waals surface area contributed by atoms with Gasteiger partial charge in [-0.3, -0.25) is 4.79 Å². The van der Waals surface area contributed by atoms with Crippen molar-refractivity contribution in [3.8, 4) is 0 Å². The molecule has 0 bridgehead atoms. The number of amides is 1. The number of hydrogen-bond donors (Lipinski definition) is 1. The minimum Gasteiger partial charge on any atom is -0.354 e. The van der Waals surface area contributed by atoms with Crippen molar-refractivity contribution in [2.24, 2.45) is 0 Å². The maximum absolute atomic E-state index is 11.7. The van der Waals surface area contributed by atoms with E-state index in [0.717, 1.165) is 10.9 Å². The van der Waals surface area contributed by atoms with E-state index in [2.05, 4.69) is 5.32 Å². The summed E-state index contributed by atoms with van der Waals surface area (Å²) in [6.07, 6.45) is 0.415. The van der Waals surface area contributed by atoms with Gasteiger partial charge in [-0.2, -0.15) is 0 Å². The summed E-state index contributed by atoms with van der Waals surface area (Å²) < 4.78 is 1.17. The third-order valence-corrected chi connectivity index (χ3v) is 3.66. The summed E-state index contributed by atoms with van der Waals surface area (Å²) in [6.45, 7) is 3.92. The van der Waals surface area contributed by atoms with Gasteiger partial charge >= 0.3 is 0 Å². The van der Waals surface area contributed by atoms with Crippen LogP contribution < -0.4 is 5.32 Å². The van der Waals surface area contributed by atoms with Crippen molar-refractivity contribution in [2.45, 2.75) is 26.3 Å². The first kappa shape index (κ1) is 12.4. The maximum Gasteiger partial charge on any atom is 0.224 e. The quantitative estimate of drug-likeness (QED) is 0.904. The molecule has 1 aromatic heterocycles. The van der Waals surface area contributed by atoms with E-state index in [-0.39, 0.29) is 11.9 Å². The number of benzene rings is 1. The van der Waals surface area contributed by atoms with Crippen molar-refractivity contribution >= 4 is 38.9 Å². The SMILES string of the molecule is CC(C)NC(=O)Cc1csc2ccc(Cl)cc12. The molecule has 0 unspecified atom stereocenters. The van der Waals surface area contributed by atoms with E-state index in [9.17, 15) is 4.79 Å². The highest BCUT2D eigenvalue weighted by atomic mass is 35.5. The lowest BCUT2D eigenvalue weighted by Gasteiger charge is -2.07. The van der Waals surface area contributed by atoms with E-state index in [0.29, 0.717) is 11.4 Å². The fourth-order valence-electron chi connectivity index (χ4n) is 1.74. The Hall–Kier alpha value is -1.06. The molecule has 1 heterocycles. The number of carbonyl (C=O) groups excluding carboxylic acids is 1. The lowest BCUT2D eigenvalue weighted by Crippen LogP contribution is -2.31. The van der Waals surface area contributed by atoms with Gasteiger partial charge in [0.05, 0.1) is 6.42 Å². The zero-order chi connectivity index (χ0) is 12.4. The molecule has 90 valence electrons. The largest absolute Gasteiger partial charge is 0.354 e. The minimum absolute atomic E-state index is 0.0553. The Morgan fingerprint density at radius 2 is 2.24 bits per heavy atom. The Bertz CT molecular complexity index is 547. The molecule has 2 aromatic rings.